The fourth-order valence-corrected chi connectivity index (χ4v) is 7.62. The number of aromatic amines is 1. The SMILES string of the molecule is Cc1nccn1P(=O)(O)OC[C@H]1O[C@@H](n2cc(C#CCCC(=O)OCC3CN(C)C(Cc4ccccc4)CN3C)c3c(=O)[nH]c(N)nc32)CC1O. The predicted octanol–water partition coefficient (Wildman–Crippen LogP) is 1.66. The Bertz CT molecular complexity index is 2020. The molecule has 0 radical (unpaired) electrons. The number of hydrogen-bond acceptors (Lipinski definition) is 12. The number of fused-ring (bicyclic) bond motifs is 1. The highest BCUT2D eigenvalue weighted by Crippen LogP contribution is 2.45. The van der Waals surface area contributed by atoms with E-state index < -0.39 is 31.7 Å². The summed E-state index contributed by atoms with van der Waals surface area (Å²) in [5.41, 5.74) is 7.15. The maximum absolute atomic E-state index is 13.0. The summed E-state index contributed by atoms with van der Waals surface area (Å²) >= 11 is 0. The van der Waals surface area contributed by atoms with Crippen LogP contribution in [0.2, 0.25) is 0 Å². The first kappa shape index (κ1) is 36.5. The van der Waals surface area contributed by atoms with Gasteiger partial charge in [0.05, 0.1) is 36.1 Å². The van der Waals surface area contributed by atoms with Crippen molar-refractivity contribution >= 4 is 30.7 Å². The third-order valence-electron chi connectivity index (χ3n) is 9.37. The molecule has 4 unspecified atom stereocenters. The molecule has 2 aliphatic rings. The molecule has 5 heterocycles. The molecule has 0 saturated carbocycles. The van der Waals surface area contributed by atoms with Crippen LogP contribution < -0.4 is 11.3 Å². The van der Waals surface area contributed by atoms with Gasteiger partial charge in [-0.05, 0) is 33.0 Å². The number of esters is 1. The second kappa shape index (κ2) is 15.5. The van der Waals surface area contributed by atoms with Crippen LogP contribution in [-0.2, 0) is 29.8 Å². The average molecular weight is 723 g/mol. The summed E-state index contributed by atoms with van der Waals surface area (Å²) in [5, 5.41) is 10.9. The van der Waals surface area contributed by atoms with E-state index in [9.17, 15) is 24.2 Å². The van der Waals surface area contributed by atoms with Crippen molar-refractivity contribution in [3.8, 4) is 11.8 Å². The first-order valence-corrected chi connectivity index (χ1v) is 18.2. The molecule has 0 amide bonds. The van der Waals surface area contributed by atoms with Crippen molar-refractivity contribution < 1.29 is 33.4 Å². The van der Waals surface area contributed by atoms with Gasteiger partial charge in [0.25, 0.3) is 5.56 Å². The average Bonchev–Trinajstić information content (AvgIpc) is 3.80. The van der Waals surface area contributed by atoms with Crippen molar-refractivity contribution in [2.75, 3.05) is 46.1 Å². The van der Waals surface area contributed by atoms with Crippen LogP contribution in [-0.4, -0.2) is 114 Å². The van der Waals surface area contributed by atoms with Gasteiger partial charge in [0.15, 0.2) is 5.65 Å². The number of ether oxygens (including phenoxy) is 2. The summed E-state index contributed by atoms with van der Waals surface area (Å²) in [7, 11) is -0.125. The van der Waals surface area contributed by atoms with Crippen molar-refractivity contribution in [2.45, 2.75) is 63.1 Å². The molecule has 2 aliphatic heterocycles. The standard InChI is InChI=1S/C34H43N8O8P/c1-22-36-13-14-42(22)51(46,47)49-21-28-27(43)16-29(50-28)41-17-24(31-32(41)37-34(35)38-33(31)45)11-7-8-12-30(44)48-20-26-19-39(2)25(18-40(26)3)15-23-9-5-4-6-10-23/h4-6,9-10,13-14,17,25-29,43H,8,12,15-16,18-21H2,1-3H3,(H,46,47)(H3,35,37,38,45)/t25?,26?,27?,28-,29-/m1/s1. The number of H-pyrrole nitrogens is 1. The maximum Gasteiger partial charge on any atom is 0.437 e. The molecule has 0 spiro atoms. The zero-order valence-electron chi connectivity index (χ0n) is 28.7. The smallest absolute Gasteiger partial charge is 0.437 e. The Hall–Kier alpha value is -4.33. The molecule has 0 bridgehead atoms. The van der Waals surface area contributed by atoms with Crippen molar-refractivity contribution in [2.24, 2.45) is 0 Å². The Labute approximate surface area is 294 Å². The van der Waals surface area contributed by atoms with Gasteiger partial charge in [-0.1, -0.05) is 42.2 Å². The minimum Gasteiger partial charge on any atom is -0.464 e. The first-order chi connectivity index (χ1) is 24.4. The summed E-state index contributed by atoms with van der Waals surface area (Å²) in [6, 6.07) is 10.8. The molecule has 2 saturated heterocycles. The van der Waals surface area contributed by atoms with Gasteiger partial charge in [-0.15, -0.1) is 0 Å². The number of aromatic nitrogens is 5. The number of piperazine rings is 1. The molecule has 6 rings (SSSR count). The number of aliphatic hydroxyl groups is 1. The van der Waals surface area contributed by atoms with Crippen LogP contribution in [0.3, 0.4) is 0 Å². The van der Waals surface area contributed by atoms with Crippen LogP contribution in [0.25, 0.3) is 11.0 Å². The Morgan fingerprint density at radius 2 is 1.92 bits per heavy atom. The zero-order valence-corrected chi connectivity index (χ0v) is 29.6. The lowest BCUT2D eigenvalue weighted by atomic mass is 10.0. The van der Waals surface area contributed by atoms with Gasteiger partial charge in [-0.2, -0.15) is 4.98 Å². The number of aliphatic hydroxyl groups excluding tert-OH is 1. The van der Waals surface area contributed by atoms with E-state index in [0.29, 0.717) is 11.6 Å². The number of carbonyl (C=O) groups is 1. The van der Waals surface area contributed by atoms with E-state index in [1.807, 2.05) is 6.07 Å². The van der Waals surface area contributed by atoms with Crippen LogP contribution in [0.5, 0.6) is 0 Å². The summed E-state index contributed by atoms with van der Waals surface area (Å²) in [5.74, 6) is 5.73. The van der Waals surface area contributed by atoms with Gasteiger partial charge < -0.3 is 34.7 Å². The van der Waals surface area contributed by atoms with Gasteiger partial charge in [0.1, 0.15) is 24.8 Å². The van der Waals surface area contributed by atoms with Crippen molar-refractivity contribution in [1.82, 2.24) is 33.7 Å². The normalized spacial score (nSPS) is 23.9. The largest absolute Gasteiger partial charge is 0.464 e. The number of nitrogens with one attached hydrogen (secondary N) is 1. The highest BCUT2D eigenvalue weighted by atomic mass is 31.2. The Morgan fingerprint density at radius 3 is 2.67 bits per heavy atom. The monoisotopic (exact) mass is 722 g/mol. The molecule has 51 heavy (non-hydrogen) atoms. The highest BCUT2D eigenvalue weighted by molar-refractivity contribution is 7.51. The number of nitrogen functional groups attached to an aromatic ring is 1. The molecule has 16 nitrogen and oxygen atoms in total. The molecule has 2 fully saturated rings. The topological polar surface area (TPSA) is 203 Å². The third kappa shape index (κ3) is 8.43. The van der Waals surface area contributed by atoms with Crippen LogP contribution in [0, 0.1) is 18.8 Å². The van der Waals surface area contributed by atoms with Crippen molar-refractivity contribution in [3.05, 3.63) is 76.2 Å². The van der Waals surface area contributed by atoms with Crippen LogP contribution in [0.4, 0.5) is 5.95 Å². The van der Waals surface area contributed by atoms with Gasteiger partial charge in [0.2, 0.25) is 5.95 Å². The third-order valence-corrected chi connectivity index (χ3v) is 10.8. The van der Waals surface area contributed by atoms with E-state index in [-0.39, 0.29) is 67.3 Å². The number of aryl methyl sites for hydroxylation is 1. The highest BCUT2D eigenvalue weighted by Gasteiger charge is 2.38. The number of anilines is 1. The van der Waals surface area contributed by atoms with Crippen molar-refractivity contribution in [3.63, 3.8) is 0 Å². The fraction of sp³-hybridized carbons (Fsp3) is 0.471. The van der Waals surface area contributed by atoms with Gasteiger partial charge >= 0.3 is 13.7 Å². The molecular formula is C34H43N8O8P. The molecular weight excluding hydrogens is 679 g/mol. The number of likely N-dealkylation sites (N-methyl/N-ethyl adjacent to an activating group) is 2. The van der Waals surface area contributed by atoms with E-state index >= 15 is 0 Å². The molecule has 272 valence electrons. The first-order valence-electron chi connectivity index (χ1n) is 16.7. The van der Waals surface area contributed by atoms with Gasteiger partial charge in [0, 0.05) is 50.6 Å². The van der Waals surface area contributed by atoms with E-state index in [1.165, 1.54) is 18.0 Å². The number of nitrogens with zero attached hydrogens (tertiary/aromatic N) is 6. The van der Waals surface area contributed by atoms with Gasteiger partial charge in [-0.3, -0.25) is 24.0 Å². The van der Waals surface area contributed by atoms with Crippen LogP contribution >= 0.6 is 7.75 Å². The molecule has 17 heteroatoms. The molecule has 6 atom stereocenters. The van der Waals surface area contributed by atoms with Crippen LogP contribution in [0.1, 0.15) is 42.4 Å². The lowest BCUT2D eigenvalue weighted by Crippen LogP contribution is -2.57. The quantitative estimate of drug-likeness (QED) is 0.0990. The predicted molar refractivity (Wildman–Crippen MR) is 187 cm³/mol. The number of rotatable bonds is 11. The second-order valence-electron chi connectivity index (χ2n) is 13.0. The minimum atomic E-state index is -4.28. The summed E-state index contributed by atoms with van der Waals surface area (Å²) < 4.78 is 32.2. The molecule has 3 aromatic heterocycles. The van der Waals surface area contributed by atoms with E-state index in [0.717, 1.165) is 23.8 Å². The Balaban J connectivity index is 1.05. The number of nitrogens with two attached hydrogens (primary N) is 1. The van der Waals surface area contributed by atoms with E-state index in [1.54, 1.807) is 17.7 Å². The van der Waals surface area contributed by atoms with Crippen LogP contribution in [0.15, 0.2) is 53.7 Å². The lowest BCUT2D eigenvalue weighted by Gasteiger charge is -2.43. The number of hydrogen-bond donors (Lipinski definition) is 4. The maximum atomic E-state index is 13.0. The second-order valence-corrected chi connectivity index (χ2v) is 14.7. The Morgan fingerprint density at radius 1 is 1.18 bits per heavy atom. The summed E-state index contributed by atoms with van der Waals surface area (Å²) in [4.78, 5) is 51.3. The molecule has 0 aliphatic carbocycles. The van der Waals surface area contributed by atoms with Crippen molar-refractivity contribution in [1.29, 1.82) is 0 Å². The van der Waals surface area contributed by atoms with Gasteiger partial charge in [-0.25, -0.2) is 13.9 Å². The Kier molecular flexibility index (Phi) is 11.1. The zero-order chi connectivity index (χ0) is 36.3. The number of carbonyl (C=O) groups excluding carboxylic acids is 1. The minimum absolute atomic E-state index is 0.0724. The summed E-state index contributed by atoms with van der Waals surface area (Å²) in [6.07, 6.45) is 2.75. The molecule has 1 aromatic carbocycles. The van der Waals surface area contributed by atoms with E-state index in [4.69, 9.17) is 19.7 Å². The number of benzene rings is 1. The fourth-order valence-electron chi connectivity index (χ4n) is 6.51. The van der Waals surface area contributed by atoms with E-state index in [2.05, 4.69) is 75.0 Å². The lowest BCUT2D eigenvalue weighted by molar-refractivity contribution is -0.146. The number of imidazole rings is 1. The molecule has 4 aromatic rings. The summed E-state index contributed by atoms with van der Waals surface area (Å²) in [6.45, 7) is 3.09. The molecule has 5 N–H and O–H groups in total.